The van der Waals surface area contributed by atoms with Gasteiger partial charge in [-0.3, -0.25) is 4.79 Å². The van der Waals surface area contributed by atoms with Crippen LogP contribution in [0, 0.1) is 13.8 Å². The van der Waals surface area contributed by atoms with Gasteiger partial charge in [-0.05, 0) is 31.5 Å². The number of rotatable bonds is 5. The predicted octanol–water partition coefficient (Wildman–Crippen LogP) is 3.04. The molecule has 0 unspecified atom stereocenters. The molecule has 0 saturated carbocycles. The normalized spacial score (nSPS) is 14.2. The molecular formula is C22H25N3O3S. The summed E-state index contributed by atoms with van der Waals surface area (Å²) in [7, 11) is -3.63. The molecule has 0 spiro atoms. The van der Waals surface area contributed by atoms with Crippen molar-refractivity contribution in [3.05, 3.63) is 64.8 Å². The summed E-state index contributed by atoms with van der Waals surface area (Å²) in [4.78, 5) is 18.2. The molecule has 2 N–H and O–H groups in total. The van der Waals surface area contributed by atoms with Gasteiger partial charge in [-0.25, -0.2) is 13.1 Å². The van der Waals surface area contributed by atoms with Gasteiger partial charge in [-0.15, -0.1) is 0 Å². The van der Waals surface area contributed by atoms with E-state index in [-0.39, 0.29) is 23.8 Å². The Hall–Kier alpha value is -2.64. The van der Waals surface area contributed by atoms with Gasteiger partial charge in [-0.1, -0.05) is 35.9 Å². The molecule has 0 radical (unpaired) electrons. The van der Waals surface area contributed by atoms with E-state index >= 15 is 0 Å². The van der Waals surface area contributed by atoms with Gasteiger partial charge in [0.25, 0.3) is 0 Å². The lowest BCUT2D eigenvalue weighted by Crippen LogP contribution is -2.38. The molecule has 2 aromatic carbocycles. The fraction of sp³-hybridized carbons (Fsp3) is 0.318. The van der Waals surface area contributed by atoms with Gasteiger partial charge in [0, 0.05) is 54.6 Å². The van der Waals surface area contributed by atoms with Gasteiger partial charge in [0.1, 0.15) is 0 Å². The summed E-state index contributed by atoms with van der Waals surface area (Å²) in [5, 5.41) is 1.15. The highest BCUT2D eigenvalue weighted by atomic mass is 32.2. The first-order valence-corrected chi connectivity index (χ1v) is 11.3. The highest BCUT2D eigenvalue weighted by Crippen LogP contribution is 2.27. The molecule has 1 amide bonds. The van der Waals surface area contributed by atoms with Crippen LogP contribution in [0.1, 0.15) is 28.8 Å². The number of fused-ring (bicyclic) bond motifs is 3. The Labute approximate surface area is 171 Å². The number of amides is 1. The Balaban J connectivity index is 1.39. The third-order valence-electron chi connectivity index (χ3n) is 5.49. The monoisotopic (exact) mass is 411 g/mol. The second kappa shape index (κ2) is 7.65. The molecule has 152 valence electrons. The number of hydrogen-bond donors (Lipinski definition) is 2. The number of carbonyl (C=O) groups excluding carboxylic acids is 1. The number of carbonyl (C=O) groups is 1. The summed E-state index contributed by atoms with van der Waals surface area (Å²) in [6, 6.07) is 13.3. The van der Waals surface area contributed by atoms with Crippen LogP contribution in [0.25, 0.3) is 10.9 Å². The van der Waals surface area contributed by atoms with Crippen LogP contribution in [0.4, 0.5) is 0 Å². The van der Waals surface area contributed by atoms with Gasteiger partial charge in [-0.2, -0.15) is 0 Å². The smallest absolute Gasteiger partial charge is 0.240 e. The van der Waals surface area contributed by atoms with Crippen LogP contribution in [0.2, 0.25) is 0 Å². The van der Waals surface area contributed by atoms with E-state index in [9.17, 15) is 13.2 Å². The lowest BCUT2D eigenvalue weighted by molar-refractivity contribution is -0.131. The molecule has 1 aromatic heterocycles. The average molecular weight is 412 g/mol. The number of aryl methyl sites for hydroxylation is 2. The fourth-order valence-corrected chi connectivity index (χ4v) is 5.26. The number of nitrogens with zero attached hydrogens (tertiary/aromatic N) is 1. The van der Waals surface area contributed by atoms with E-state index in [4.69, 9.17) is 0 Å². The highest BCUT2D eigenvalue weighted by molar-refractivity contribution is 7.89. The second-order valence-electron chi connectivity index (χ2n) is 7.61. The number of sulfonamides is 1. The van der Waals surface area contributed by atoms with Crippen molar-refractivity contribution in [1.82, 2.24) is 14.6 Å². The lowest BCUT2D eigenvalue weighted by atomic mass is 10.0. The third-order valence-corrected chi connectivity index (χ3v) is 7.11. The molecule has 29 heavy (non-hydrogen) atoms. The van der Waals surface area contributed by atoms with Crippen molar-refractivity contribution in [3.8, 4) is 0 Å². The SMILES string of the molecule is Cc1ccc(S(=O)(=O)NCCC(=O)N2CCc3[nH]c4ccccc4c3C2)c(C)c1. The molecular weight excluding hydrogens is 386 g/mol. The summed E-state index contributed by atoms with van der Waals surface area (Å²) in [5.74, 6) is -0.0377. The van der Waals surface area contributed by atoms with Crippen molar-refractivity contribution in [2.75, 3.05) is 13.1 Å². The minimum atomic E-state index is -3.63. The largest absolute Gasteiger partial charge is 0.358 e. The molecule has 0 atom stereocenters. The van der Waals surface area contributed by atoms with E-state index in [1.807, 2.05) is 36.1 Å². The van der Waals surface area contributed by atoms with E-state index < -0.39 is 10.0 Å². The zero-order chi connectivity index (χ0) is 20.6. The second-order valence-corrected chi connectivity index (χ2v) is 9.35. The van der Waals surface area contributed by atoms with Crippen molar-refractivity contribution in [2.45, 2.75) is 38.1 Å². The predicted molar refractivity (Wildman–Crippen MR) is 113 cm³/mol. The van der Waals surface area contributed by atoms with Crippen LogP contribution < -0.4 is 4.72 Å². The van der Waals surface area contributed by atoms with Gasteiger partial charge in [0.2, 0.25) is 15.9 Å². The maximum atomic E-state index is 12.7. The van der Waals surface area contributed by atoms with Crippen molar-refractivity contribution >= 4 is 26.8 Å². The average Bonchev–Trinajstić information content (AvgIpc) is 3.05. The first-order valence-electron chi connectivity index (χ1n) is 9.78. The maximum absolute atomic E-state index is 12.7. The Bertz CT molecular complexity index is 1180. The summed E-state index contributed by atoms with van der Waals surface area (Å²) in [5.41, 5.74) is 5.15. The Morgan fingerprint density at radius 3 is 2.76 bits per heavy atom. The van der Waals surface area contributed by atoms with Crippen molar-refractivity contribution < 1.29 is 13.2 Å². The van der Waals surface area contributed by atoms with Crippen LogP contribution in [0.15, 0.2) is 47.4 Å². The standard InChI is InChI=1S/C22H25N3O3S/c1-15-7-8-21(16(2)13-15)29(27,28)23-11-9-22(26)25-12-10-20-18(14-25)17-5-3-4-6-19(17)24-20/h3-8,13,23-24H,9-12,14H2,1-2H3. The quantitative estimate of drug-likeness (QED) is 0.677. The number of hydrogen-bond acceptors (Lipinski definition) is 3. The van der Waals surface area contributed by atoms with Gasteiger partial charge in [0.15, 0.2) is 0 Å². The van der Waals surface area contributed by atoms with Crippen molar-refractivity contribution in [2.24, 2.45) is 0 Å². The van der Waals surface area contributed by atoms with E-state index in [1.54, 1.807) is 19.1 Å². The van der Waals surface area contributed by atoms with Crippen LogP contribution in [-0.4, -0.2) is 37.3 Å². The molecule has 3 aromatic rings. The van der Waals surface area contributed by atoms with Crippen LogP contribution in [0.5, 0.6) is 0 Å². The zero-order valence-corrected chi connectivity index (χ0v) is 17.5. The van der Waals surface area contributed by atoms with E-state index in [2.05, 4.69) is 15.8 Å². The molecule has 1 aliphatic heterocycles. The number of aromatic amines is 1. The maximum Gasteiger partial charge on any atom is 0.240 e. The molecule has 1 aliphatic rings. The van der Waals surface area contributed by atoms with Gasteiger partial charge in [0.05, 0.1) is 4.90 Å². The summed E-state index contributed by atoms with van der Waals surface area (Å²) in [6.45, 7) is 4.99. The first kappa shape index (κ1) is 19.7. The number of nitrogens with one attached hydrogen (secondary N) is 2. The van der Waals surface area contributed by atoms with Gasteiger partial charge >= 0.3 is 0 Å². The Morgan fingerprint density at radius 2 is 1.97 bits per heavy atom. The fourth-order valence-electron chi connectivity index (χ4n) is 4.01. The van der Waals surface area contributed by atoms with Gasteiger partial charge < -0.3 is 9.88 Å². The molecule has 0 saturated heterocycles. The van der Waals surface area contributed by atoms with E-state index in [0.717, 1.165) is 28.5 Å². The molecule has 0 aliphatic carbocycles. The molecule has 6 nitrogen and oxygen atoms in total. The third kappa shape index (κ3) is 3.93. The Kier molecular flexibility index (Phi) is 5.19. The molecule has 2 heterocycles. The topological polar surface area (TPSA) is 82.3 Å². The van der Waals surface area contributed by atoms with Crippen molar-refractivity contribution in [1.29, 1.82) is 0 Å². The number of para-hydroxylation sites is 1. The number of benzene rings is 2. The number of H-pyrrole nitrogens is 1. The highest BCUT2D eigenvalue weighted by Gasteiger charge is 2.24. The number of aromatic nitrogens is 1. The van der Waals surface area contributed by atoms with Crippen LogP contribution >= 0.6 is 0 Å². The Morgan fingerprint density at radius 1 is 1.17 bits per heavy atom. The van der Waals surface area contributed by atoms with E-state index in [1.165, 1.54) is 5.69 Å². The summed E-state index contributed by atoms with van der Waals surface area (Å²) in [6.07, 6.45) is 0.922. The molecule has 0 bridgehead atoms. The van der Waals surface area contributed by atoms with Crippen LogP contribution in [-0.2, 0) is 27.8 Å². The zero-order valence-electron chi connectivity index (χ0n) is 16.7. The molecule has 7 heteroatoms. The summed E-state index contributed by atoms with van der Waals surface area (Å²) >= 11 is 0. The summed E-state index contributed by atoms with van der Waals surface area (Å²) < 4.78 is 27.7. The minimum absolute atomic E-state index is 0.0377. The first-order chi connectivity index (χ1) is 13.8. The van der Waals surface area contributed by atoms with Crippen LogP contribution in [0.3, 0.4) is 0 Å². The molecule has 0 fully saturated rings. The molecule has 4 rings (SSSR count). The minimum Gasteiger partial charge on any atom is -0.358 e. The van der Waals surface area contributed by atoms with E-state index in [0.29, 0.717) is 18.7 Å². The lowest BCUT2D eigenvalue weighted by Gasteiger charge is -2.27. The van der Waals surface area contributed by atoms with Crippen molar-refractivity contribution in [3.63, 3.8) is 0 Å².